The molecule has 0 aliphatic heterocycles. The van der Waals surface area contributed by atoms with Crippen molar-refractivity contribution in [3.05, 3.63) is 77.4 Å². The van der Waals surface area contributed by atoms with Crippen LogP contribution in [0.1, 0.15) is 31.4 Å². The predicted octanol–water partition coefficient (Wildman–Crippen LogP) is 5.59. The van der Waals surface area contributed by atoms with Crippen molar-refractivity contribution in [3.63, 3.8) is 0 Å². The van der Waals surface area contributed by atoms with E-state index >= 15 is 0 Å². The Hall–Kier alpha value is -1.82. The van der Waals surface area contributed by atoms with E-state index in [2.05, 4.69) is 75.1 Å². The van der Waals surface area contributed by atoms with Gasteiger partial charge in [-0.05, 0) is 52.9 Å². The number of hydrogen-bond acceptors (Lipinski definition) is 0. The maximum absolute atomic E-state index is 4.29. The lowest BCUT2D eigenvalue weighted by Crippen LogP contribution is -1.96. The van der Waals surface area contributed by atoms with Crippen molar-refractivity contribution in [2.24, 2.45) is 17.8 Å². The maximum Gasteiger partial charge on any atom is -0.00256 e. The molecule has 0 saturated heterocycles. The van der Waals surface area contributed by atoms with Crippen LogP contribution in [-0.4, -0.2) is 0 Å². The lowest BCUT2D eigenvalue weighted by atomic mass is 9.95. The molecule has 1 aromatic rings. The van der Waals surface area contributed by atoms with E-state index in [1.54, 1.807) is 0 Å². The molecule has 0 aromatic heterocycles. The van der Waals surface area contributed by atoms with Crippen LogP contribution in [0.3, 0.4) is 0 Å². The molecule has 1 aromatic carbocycles. The van der Waals surface area contributed by atoms with Gasteiger partial charge in [0.05, 0.1) is 0 Å². The van der Waals surface area contributed by atoms with Crippen molar-refractivity contribution < 1.29 is 0 Å². The summed E-state index contributed by atoms with van der Waals surface area (Å²) in [5.74, 6) is 2.21. The molecule has 0 spiro atoms. The minimum Gasteiger partial charge on any atom is -0.0949 e. The van der Waals surface area contributed by atoms with E-state index in [4.69, 9.17) is 0 Å². The summed E-state index contributed by atoms with van der Waals surface area (Å²) in [6.45, 7) is 8.70. The zero-order chi connectivity index (χ0) is 14.8. The molecule has 2 unspecified atom stereocenters. The Morgan fingerprint density at radius 1 is 1.33 bits per heavy atom. The second-order valence-corrected chi connectivity index (χ2v) is 6.67. The average molecular weight is 276 g/mol. The Labute approximate surface area is 128 Å². The zero-order valence-corrected chi connectivity index (χ0v) is 13.0. The van der Waals surface area contributed by atoms with Gasteiger partial charge in [-0.15, -0.1) is 0 Å². The van der Waals surface area contributed by atoms with Gasteiger partial charge in [-0.3, -0.25) is 0 Å². The van der Waals surface area contributed by atoms with Crippen LogP contribution < -0.4 is 0 Å². The fourth-order valence-electron chi connectivity index (χ4n) is 2.86. The van der Waals surface area contributed by atoms with E-state index in [1.165, 1.54) is 28.7 Å². The standard InChI is InChI=1S/C21H24/c1-15(2)7-8-17-5-4-6-18(12-17)11-16(3)19-9-10-20-14-21(20)13-19/h4-10,12-13,15,20-21H,3,11,14H2,1-2H3/b8-7+. The first-order valence-electron chi connectivity index (χ1n) is 7.97. The van der Waals surface area contributed by atoms with Crippen LogP contribution in [0.5, 0.6) is 0 Å². The van der Waals surface area contributed by atoms with Gasteiger partial charge in [0, 0.05) is 0 Å². The second-order valence-electron chi connectivity index (χ2n) is 6.67. The van der Waals surface area contributed by atoms with Gasteiger partial charge in [-0.25, -0.2) is 0 Å². The van der Waals surface area contributed by atoms with Crippen molar-refractivity contribution in [2.75, 3.05) is 0 Å². The summed E-state index contributed by atoms with van der Waals surface area (Å²) in [7, 11) is 0. The monoisotopic (exact) mass is 276 g/mol. The number of fused-ring (bicyclic) bond motifs is 1. The van der Waals surface area contributed by atoms with Crippen molar-refractivity contribution in [1.29, 1.82) is 0 Å². The van der Waals surface area contributed by atoms with Gasteiger partial charge in [0.1, 0.15) is 0 Å². The van der Waals surface area contributed by atoms with Crippen LogP contribution in [0.4, 0.5) is 0 Å². The summed E-state index contributed by atoms with van der Waals surface area (Å²) in [5, 5.41) is 0. The normalized spacial score (nSPS) is 23.3. The lowest BCUT2D eigenvalue weighted by molar-refractivity contribution is 0.836. The van der Waals surface area contributed by atoms with Crippen molar-refractivity contribution >= 4 is 6.08 Å². The fourth-order valence-corrected chi connectivity index (χ4v) is 2.86. The molecule has 21 heavy (non-hydrogen) atoms. The molecule has 2 aliphatic carbocycles. The SMILES string of the molecule is C=C(Cc1cccc(/C=C/C(C)C)c1)C1=CC2CC2C=C1. The average Bonchev–Trinajstić information content (AvgIpc) is 3.24. The van der Waals surface area contributed by atoms with E-state index < -0.39 is 0 Å². The molecule has 3 rings (SSSR count). The van der Waals surface area contributed by atoms with Gasteiger partial charge < -0.3 is 0 Å². The number of allylic oxidation sites excluding steroid dienone is 6. The van der Waals surface area contributed by atoms with E-state index in [0.29, 0.717) is 5.92 Å². The van der Waals surface area contributed by atoms with E-state index in [-0.39, 0.29) is 0 Å². The summed E-state index contributed by atoms with van der Waals surface area (Å²) in [6.07, 6.45) is 13.8. The third-order valence-corrected chi connectivity index (χ3v) is 4.26. The Balaban J connectivity index is 1.68. The zero-order valence-electron chi connectivity index (χ0n) is 13.0. The molecule has 0 amide bonds. The summed E-state index contributed by atoms with van der Waals surface area (Å²) < 4.78 is 0. The molecule has 0 nitrogen and oxygen atoms in total. The Kier molecular flexibility index (Phi) is 3.96. The predicted molar refractivity (Wildman–Crippen MR) is 92.0 cm³/mol. The maximum atomic E-state index is 4.29. The molecule has 2 aliphatic rings. The molecule has 1 fully saturated rings. The van der Waals surface area contributed by atoms with Crippen LogP contribution in [0, 0.1) is 17.8 Å². The highest BCUT2D eigenvalue weighted by molar-refractivity contribution is 5.52. The molecule has 1 saturated carbocycles. The summed E-state index contributed by atoms with van der Waals surface area (Å²) in [6, 6.07) is 8.78. The first-order valence-corrected chi connectivity index (χ1v) is 7.97. The second kappa shape index (κ2) is 5.89. The Bertz CT molecular complexity index is 625. The summed E-state index contributed by atoms with van der Waals surface area (Å²) >= 11 is 0. The molecule has 0 heteroatoms. The van der Waals surface area contributed by atoms with Crippen LogP contribution in [-0.2, 0) is 6.42 Å². The Morgan fingerprint density at radius 3 is 2.95 bits per heavy atom. The third kappa shape index (κ3) is 3.64. The van der Waals surface area contributed by atoms with Crippen LogP contribution in [0.2, 0.25) is 0 Å². The number of benzene rings is 1. The molecule has 0 heterocycles. The van der Waals surface area contributed by atoms with Gasteiger partial charge in [0.15, 0.2) is 0 Å². The van der Waals surface area contributed by atoms with E-state index in [0.717, 1.165) is 18.3 Å². The van der Waals surface area contributed by atoms with Gasteiger partial charge in [-0.2, -0.15) is 0 Å². The summed E-state index contributed by atoms with van der Waals surface area (Å²) in [4.78, 5) is 0. The Morgan fingerprint density at radius 2 is 2.19 bits per heavy atom. The number of rotatable bonds is 5. The smallest absolute Gasteiger partial charge is 0.00256 e. The third-order valence-electron chi connectivity index (χ3n) is 4.26. The molecular formula is C21H24. The van der Waals surface area contributed by atoms with Crippen molar-refractivity contribution in [2.45, 2.75) is 26.7 Å². The minimum atomic E-state index is 0.590. The first-order chi connectivity index (χ1) is 10.1. The fraction of sp³-hybridized carbons (Fsp3) is 0.333. The molecule has 0 bridgehead atoms. The van der Waals surface area contributed by atoms with Gasteiger partial charge in [-0.1, -0.05) is 75.1 Å². The summed E-state index contributed by atoms with van der Waals surface area (Å²) in [5.41, 5.74) is 5.21. The van der Waals surface area contributed by atoms with E-state index in [1.807, 2.05) is 0 Å². The largest absolute Gasteiger partial charge is 0.0949 e. The molecule has 2 atom stereocenters. The van der Waals surface area contributed by atoms with Crippen LogP contribution in [0.15, 0.2) is 66.3 Å². The van der Waals surface area contributed by atoms with E-state index in [9.17, 15) is 0 Å². The molecule has 0 radical (unpaired) electrons. The minimum absolute atomic E-state index is 0.590. The van der Waals surface area contributed by atoms with Crippen molar-refractivity contribution in [1.82, 2.24) is 0 Å². The molecule has 108 valence electrons. The van der Waals surface area contributed by atoms with Crippen molar-refractivity contribution in [3.8, 4) is 0 Å². The highest BCUT2D eigenvalue weighted by atomic mass is 14.4. The topological polar surface area (TPSA) is 0 Å². The van der Waals surface area contributed by atoms with Crippen LogP contribution >= 0.6 is 0 Å². The van der Waals surface area contributed by atoms with Crippen LogP contribution in [0.25, 0.3) is 6.08 Å². The molecular weight excluding hydrogens is 252 g/mol. The quantitative estimate of drug-likeness (QED) is 0.658. The highest BCUT2D eigenvalue weighted by Crippen LogP contribution is 2.45. The van der Waals surface area contributed by atoms with Gasteiger partial charge >= 0.3 is 0 Å². The van der Waals surface area contributed by atoms with Gasteiger partial charge in [0.25, 0.3) is 0 Å². The first kappa shape index (κ1) is 14.1. The number of hydrogen-bond donors (Lipinski definition) is 0. The molecule has 0 N–H and O–H groups in total. The highest BCUT2D eigenvalue weighted by Gasteiger charge is 2.35. The van der Waals surface area contributed by atoms with Gasteiger partial charge in [0.2, 0.25) is 0 Å². The lowest BCUT2D eigenvalue weighted by Gasteiger charge is -2.10.